The first-order valence-electron chi connectivity index (χ1n) is 5.85. The summed E-state index contributed by atoms with van der Waals surface area (Å²) in [5.41, 5.74) is 0.757. The van der Waals surface area contributed by atoms with E-state index in [1.54, 1.807) is 23.9 Å². The minimum atomic E-state index is -0.574. The summed E-state index contributed by atoms with van der Waals surface area (Å²) in [6.07, 6.45) is 1.39. The number of hydrogen-bond acceptors (Lipinski definition) is 5. The first kappa shape index (κ1) is 14.6. The Bertz CT molecular complexity index is 453. The molecule has 104 valence electrons. The smallest absolute Gasteiger partial charge is 0.257 e. The van der Waals surface area contributed by atoms with Crippen molar-refractivity contribution in [3.05, 3.63) is 22.8 Å². The van der Waals surface area contributed by atoms with Gasteiger partial charge in [-0.15, -0.1) is 0 Å². The number of thioether (sulfide) groups is 1. The van der Waals surface area contributed by atoms with E-state index in [9.17, 15) is 4.79 Å². The van der Waals surface area contributed by atoms with Crippen molar-refractivity contribution in [2.24, 2.45) is 0 Å². The predicted octanol–water partition coefficient (Wildman–Crippen LogP) is 1.95. The second-order valence-electron chi connectivity index (χ2n) is 3.98. The quantitative estimate of drug-likeness (QED) is 0.921. The lowest BCUT2D eigenvalue weighted by Crippen LogP contribution is -2.39. The molecule has 1 aromatic rings. The number of carbonyl (C=O) groups excluding carboxylic acids is 1. The maximum Gasteiger partial charge on any atom is 0.257 e. The van der Waals surface area contributed by atoms with Gasteiger partial charge in [-0.25, -0.2) is 4.98 Å². The van der Waals surface area contributed by atoms with Crippen LogP contribution in [0.25, 0.3) is 0 Å². The van der Waals surface area contributed by atoms with Crippen LogP contribution in [0.1, 0.15) is 5.69 Å². The maximum atomic E-state index is 11.9. The summed E-state index contributed by atoms with van der Waals surface area (Å²) in [5.74, 6) is 0.934. The fraction of sp³-hybridized carbons (Fsp3) is 0.500. The van der Waals surface area contributed by atoms with Crippen LogP contribution in [-0.2, 0) is 20.0 Å². The van der Waals surface area contributed by atoms with Crippen LogP contribution >= 0.6 is 23.4 Å². The highest BCUT2D eigenvalue weighted by molar-refractivity contribution is 7.97. The Morgan fingerprint density at radius 2 is 2.42 bits per heavy atom. The lowest BCUT2D eigenvalue weighted by atomic mass is 10.3. The SMILES string of the molecule is CSCc1nc(NC(=O)C2COCCO2)ccc1Cl. The third kappa shape index (κ3) is 4.07. The van der Waals surface area contributed by atoms with E-state index in [1.807, 2.05) is 6.26 Å². The molecule has 0 aliphatic carbocycles. The number of halogens is 1. The van der Waals surface area contributed by atoms with E-state index >= 15 is 0 Å². The summed E-state index contributed by atoms with van der Waals surface area (Å²) in [4.78, 5) is 16.2. The lowest BCUT2D eigenvalue weighted by molar-refractivity contribution is -0.142. The molecule has 1 aliphatic heterocycles. The van der Waals surface area contributed by atoms with Crippen molar-refractivity contribution in [1.82, 2.24) is 4.98 Å². The van der Waals surface area contributed by atoms with Crippen molar-refractivity contribution in [2.75, 3.05) is 31.4 Å². The Morgan fingerprint density at radius 1 is 1.58 bits per heavy atom. The van der Waals surface area contributed by atoms with E-state index in [4.69, 9.17) is 21.1 Å². The average Bonchev–Trinajstić information content (AvgIpc) is 2.44. The molecule has 1 atom stereocenters. The highest BCUT2D eigenvalue weighted by Gasteiger charge is 2.23. The van der Waals surface area contributed by atoms with Gasteiger partial charge < -0.3 is 14.8 Å². The molecule has 0 spiro atoms. The molecule has 2 heterocycles. The fourth-order valence-corrected chi connectivity index (χ4v) is 2.38. The molecule has 1 unspecified atom stereocenters. The monoisotopic (exact) mass is 302 g/mol. The minimum absolute atomic E-state index is 0.246. The van der Waals surface area contributed by atoms with Crippen molar-refractivity contribution in [2.45, 2.75) is 11.9 Å². The van der Waals surface area contributed by atoms with Crippen LogP contribution in [0.5, 0.6) is 0 Å². The molecule has 0 bridgehead atoms. The maximum absolute atomic E-state index is 11.9. The number of nitrogens with zero attached hydrogens (tertiary/aromatic N) is 1. The Labute approximate surface area is 121 Å². The van der Waals surface area contributed by atoms with Crippen molar-refractivity contribution in [1.29, 1.82) is 0 Å². The average molecular weight is 303 g/mol. The van der Waals surface area contributed by atoms with Gasteiger partial charge in [-0.1, -0.05) is 11.6 Å². The van der Waals surface area contributed by atoms with E-state index in [0.29, 0.717) is 29.8 Å². The number of amides is 1. The Balaban J connectivity index is 2.01. The molecule has 1 amide bonds. The number of rotatable bonds is 4. The van der Waals surface area contributed by atoms with Crippen molar-refractivity contribution >= 4 is 35.1 Å². The minimum Gasteiger partial charge on any atom is -0.376 e. The summed E-state index contributed by atoms with van der Waals surface area (Å²) >= 11 is 7.65. The number of aromatic nitrogens is 1. The van der Waals surface area contributed by atoms with Crippen LogP contribution in [0.15, 0.2) is 12.1 Å². The molecule has 1 aromatic heterocycles. The molecule has 7 heteroatoms. The lowest BCUT2D eigenvalue weighted by Gasteiger charge is -2.21. The topological polar surface area (TPSA) is 60.5 Å². The van der Waals surface area contributed by atoms with Crippen LogP contribution in [0.3, 0.4) is 0 Å². The van der Waals surface area contributed by atoms with Gasteiger partial charge >= 0.3 is 0 Å². The Kier molecular flexibility index (Phi) is 5.45. The molecule has 1 aliphatic rings. The van der Waals surface area contributed by atoms with Gasteiger partial charge in [-0.2, -0.15) is 11.8 Å². The molecular formula is C12H15ClN2O3S. The largest absolute Gasteiger partial charge is 0.376 e. The standard InChI is InChI=1S/C12H15ClN2O3S/c1-19-7-9-8(13)2-3-11(14-9)15-12(16)10-6-17-4-5-18-10/h2-3,10H,4-7H2,1H3,(H,14,15,16). The molecule has 1 saturated heterocycles. The predicted molar refractivity (Wildman–Crippen MR) is 75.7 cm³/mol. The zero-order chi connectivity index (χ0) is 13.7. The zero-order valence-electron chi connectivity index (χ0n) is 10.5. The number of anilines is 1. The molecule has 1 N–H and O–H groups in total. The van der Waals surface area contributed by atoms with Crippen LogP contribution in [0, 0.1) is 0 Å². The van der Waals surface area contributed by atoms with Gasteiger partial charge in [0.2, 0.25) is 0 Å². The van der Waals surface area contributed by atoms with Crippen LogP contribution in [0.2, 0.25) is 5.02 Å². The second kappa shape index (κ2) is 7.09. The summed E-state index contributed by atoms with van der Waals surface area (Å²) in [7, 11) is 0. The highest BCUT2D eigenvalue weighted by Crippen LogP contribution is 2.20. The first-order valence-corrected chi connectivity index (χ1v) is 7.62. The zero-order valence-corrected chi connectivity index (χ0v) is 12.1. The molecule has 0 saturated carbocycles. The van der Waals surface area contributed by atoms with Gasteiger partial charge in [0.25, 0.3) is 5.91 Å². The molecule has 5 nitrogen and oxygen atoms in total. The molecule has 0 aromatic carbocycles. The highest BCUT2D eigenvalue weighted by atomic mass is 35.5. The van der Waals surface area contributed by atoms with Gasteiger partial charge in [0.15, 0.2) is 6.10 Å². The van der Waals surface area contributed by atoms with Crippen LogP contribution < -0.4 is 5.32 Å². The summed E-state index contributed by atoms with van der Waals surface area (Å²) in [6.45, 7) is 1.24. The number of hydrogen-bond donors (Lipinski definition) is 1. The van der Waals surface area contributed by atoms with Crippen LogP contribution in [-0.4, -0.2) is 43.1 Å². The van der Waals surface area contributed by atoms with Gasteiger partial charge in [0, 0.05) is 5.75 Å². The molecule has 2 rings (SSSR count). The Morgan fingerprint density at radius 3 is 3.11 bits per heavy atom. The third-order valence-electron chi connectivity index (χ3n) is 2.56. The summed E-state index contributed by atoms with van der Waals surface area (Å²) in [5, 5.41) is 3.32. The number of nitrogens with one attached hydrogen (secondary N) is 1. The molecular weight excluding hydrogens is 288 g/mol. The van der Waals surface area contributed by atoms with Gasteiger partial charge in [0.1, 0.15) is 5.82 Å². The summed E-state index contributed by atoms with van der Waals surface area (Å²) < 4.78 is 10.5. The number of pyridine rings is 1. The Hall–Kier alpha value is -0.820. The fourth-order valence-electron chi connectivity index (χ4n) is 1.64. The normalized spacial score (nSPS) is 19.2. The van der Waals surface area contributed by atoms with E-state index < -0.39 is 6.10 Å². The molecule has 1 fully saturated rings. The van der Waals surface area contributed by atoms with E-state index in [-0.39, 0.29) is 12.5 Å². The summed E-state index contributed by atoms with van der Waals surface area (Å²) in [6, 6.07) is 3.40. The van der Waals surface area contributed by atoms with Crippen molar-refractivity contribution in [3.63, 3.8) is 0 Å². The molecule has 0 radical (unpaired) electrons. The third-order valence-corrected chi connectivity index (χ3v) is 3.47. The number of carbonyl (C=O) groups is 1. The van der Waals surface area contributed by atoms with Gasteiger partial charge in [0.05, 0.1) is 30.5 Å². The number of ether oxygens (including phenoxy) is 2. The molecule has 19 heavy (non-hydrogen) atoms. The van der Waals surface area contributed by atoms with E-state index in [2.05, 4.69) is 10.3 Å². The van der Waals surface area contributed by atoms with Gasteiger partial charge in [-0.3, -0.25) is 4.79 Å². The van der Waals surface area contributed by atoms with Crippen LogP contribution in [0.4, 0.5) is 5.82 Å². The van der Waals surface area contributed by atoms with E-state index in [0.717, 1.165) is 5.69 Å². The van der Waals surface area contributed by atoms with E-state index in [1.165, 1.54) is 0 Å². The van der Waals surface area contributed by atoms with Crippen molar-refractivity contribution < 1.29 is 14.3 Å². The first-order chi connectivity index (χ1) is 9.20. The van der Waals surface area contributed by atoms with Crippen molar-refractivity contribution in [3.8, 4) is 0 Å². The van der Waals surface area contributed by atoms with Gasteiger partial charge in [-0.05, 0) is 18.4 Å². The second-order valence-corrected chi connectivity index (χ2v) is 5.25.